The molecule has 0 bridgehead atoms. The van der Waals surface area contributed by atoms with Gasteiger partial charge in [-0.15, -0.1) is 0 Å². The summed E-state index contributed by atoms with van der Waals surface area (Å²) in [5.74, 6) is 0. The van der Waals surface area contributed by atoms with Crippen molar-refractivity contribution < 1.29 is 26.3 Å². The Morgan fingerprint density at radius 2 is 2.04 bits per heavy atom. The molecule has 1 fully saturated rings. The van der Waals surface area contributed by atoms with Gasteiger partial charge in [0.25, 0.3) is 0 Å². The van der Waals surface area contributed by atoms with Gasteiger partial charge in [-0.25, -0.2) is 8.42 Å². The van der Waals surface area contributed by atoms with Gasteiger partial charge in [-0.05, 0) is 48.6 Å². The lowest BCUT2D eigenvalue weighted by atomic mass is 9.98. The molecular weight excluding hydrogens is 343 g/mol. The molecule has 4 nitrogen and oxygen atoms in total. The average molecular weight is 361 g/mol. The second kappa shape index (κ2) is 6.50. The van der Waals surface area contributed by atoms with E-state index in [-0.39, 0.29) is 25.6 Å². The largest absolute Gasteiger partial charge is 0.416 e. The minimum Gasteiger partial charge on any atom is -0.374 e. The van der Waals surface area contributed by atoms with Crippen LogP contribution in [0, 0.1) is 0 Å². The number of hydrogen-bond acceptors (Lipinski definition) is 3. The quantitative estimate of drug-likeness (QED) is 0.831. The molecule has 0 spiro atoms. The SMILES string of the molecule is O=S(=O)(/C=C/[C@H]1CCCO1)N1CCc2cc(C(F)(F)F)ccc2C1. The van der Waals surface area contributed by atoms with Crippen molar-refractivity contribution in [3.63, 3.8) is 0 Å². The Bertz CT molecular complexity index is 737. The summed E-state index contributed by atoms with van der Waals surface area (Å²) in [5.41, 5.74) is 0.471. The Kier molecular flexibility index (Phi) is 4.72. The summed E-state index contributed by atoms with van der Waals surface area (Å²) in [7, 11) is -3.60. The summed E-state index contributed by atoms with van der Waals surface area (Å²) in [6.45, 7) is 0.895. The van der Waals surface area contributed by atoms with Gasteiger partial charge in [0, 0.05) is 25.1 Å². The van der Waals surface area contributed by atoms with Gasteiger partial charge in [0.05, 0.1) is 11.7 Å². The lowest BCUT2D eigenvalue weighted by Gasteiger charge is -2.27. The Balaban J connectivity index is 1.74. The number of nitrogens with zero attached hydrogens (tertiary/aromatic N) is 1. The van der Waals surface area contributed by atoms with Crippen LogP contribution in [0.25, 0.3) is 0 Å². The summed E-state index contributed by atoms with van der Waals surface area (Å²) in [6.07, 6.45) is -1.03. The van der Waals surface area contributed by atoms with E-state index < -0.39 is 21.8 Å². The topological polar surface area (TPSA) is 46.6 Å². The minimum absolute atomic E-state index is 0.0890. The van der Waals surface area contributed by atoms with E-state index in [0.717, 1.165) is 30.4 Å². The summed E-state index contributed by atoms with van der Waals surface area (Å²) >= 11 is 0. The molecule has 1 aromatic carbocycles. The number of ether oxygens (including phenoxy) is 1. The molecule has 1 atom stereocenters. The summed E-state index contributed by atoms with van der Waals surface area (Å²) in [4.78, 5) is 0. The second-order valence-corrected chi connectivity index (χ2v) is 7.81. The van der Waals surface area contributed by atoms with Gasteiger partial charge in [-0.1, -0.05) is 6.07 Å². The molecule has 2 heterocycles. The second-order valence-electron chi connectivity index (χ2n) is 5.99. The Morgan fingerprint density at radius 1 is 1.25 bits per heavy atom. The molecule has 2 aliphatic heterocycles. The van der Waals surface area contributed by atoms with Crippen LogP contribution in [0.1, 0.15) is 29.5 Å². The average Bonchev–Trinajstić information content (AvgIpc) is 3.04. The molecule has 3 rings (SSSR count). The van der Waals surface area contributed by atoms with Crippen molar-refractivity contribution >= 4 is 10.0 Å². The molecule has 1 saturated heterocycles. The first-order valence-electron chi connectivity index (χ1n) is 7.75. The highest BCUT2D eigenvalue weighted by Crippen LogP contribution is 2.32. The molecule has 0 unspecified atom stereocenters. The van der Waals surface area contributed by atoms with E-state index in [1.54, 1.807) is 6.08 Å². The minimum atomic E-state index is -4.39. The predicted octanol–water partition coefficient (Wildman–Crippen LogP) is 3.09. The van der Waals surface area contributed by atoms with Gasteiger partial charge < -0.3 is 4.74 Å². The molecule has 2 aliphatic rings. The molecule has 0 saturated carbocycles. The maximum Gasteiger partial charge on any atom is 0.416 e. The van der Waals surface area contributed by atoms with Gasteiger partial charge in [-0.2, -0.15) is 17.5 Å². The van der Waals surface area contributed by atoms with Gasteiger partial charge in [0.2, 0.25) is 10.0 Å². The lowest BCUT2D eigenvalue weighted by Crippen LogP contribution is -2.35. The van der Waals surface area contributed by atoms with Crippen LogP contribution in [0.2, 0.25) is 0 Å². The van der Waals surface area contributed by atoms with Crippen molar-refractivity contribution in [1.82, 2.24) is 4.31 Å². The van der Waals surface area contributed by atoms with Crippen LogP contribution in [0.15, 0.2) is 29.7 Å². The zero-order chi connectivity index (χ0) is 17.4. The number of rotatable bonds is 3. The van der Waals surface area contributed by atoms with Crippen LogP contribution in [0.3, 0.4) is 0 Å². The first-order valence-corrected chi connectivity index (χ1v) is 9.25. The third-order valence-electron chi connectivity index (χ3n) is 4.30. The van der Waals surface area contributed by atoms with Gasteiger partial charge in [0.15, 0.2) is 0 Å². The number of benzene rings is 1. The highest BCUT2D eigenvalue weighted by atomic mass is 32.2. The van der Waals surface area contributed by atoms with E-state index in [0.29, 0.717) is 17.7 Å². The maximum atomic E-state index is 12.7. The smallest absolute Gasteiger partial charge is 0.374 e. The number of alkyl halides is 3. The molecule has 0 amide bonds. The summed E-state index contributed by atoms with van der Waals surface area (Å²) < 4.78 is 69.6. The van der Waals surface area contributed by atoms with Crippen LogP contribution >= 0.6 is 0 Å². The third-order valence-corrected chi connectivity index (χ3v) is 5.83. The Hall–Kier alpha value is -1.38. The fraction of sp³-hybridized carbons (Fsp3) is 0.500. The van der Waals surface area contributed by atoms with Crippen LogP contribution in [0.4, 0.5) is 13.2 Å². The molecule has 0 aromatic heterocycles. The molecular formula is C16H18F3NO3S. The Morgan fingerprint density at radius 3 is 2.71 bits per heavy atom. The standard InChI is InChI=1S/C16H18F3NO3S/c17-16(18,19)14-4-3-13-11-20(7-5-12(13)10-14)24(21,22)9-6-15-2-1-8-23-15/h3-4,6,9-10,15H,1-2,5,7-8,11H2/b9-6+/t15-/m1/s1. The number of sulfonamides is 1. The molecule has 0 N–H and O–H groups in total. The zero-order valence-electron chi connectivity index (χ0n) is 12.9. The number of hydrogen-bond donors (Lipinski definition) is 0. The van der Waals surface area contributed by atoms with Crippen LogP contribution in [-0.2, 0) is 33.9 Å². The highest BCUT2D eigenvalue weighted by molar-refractivity contribution is 7.92. The number of fused-ring (bicyclic) bond motifs is 1. The van der Waals surface area contributed by atoms with E-state index in [1.165, 1.54) is 10.4 Å². The molecule has 0 radical (unpaired) electrons. The monoisotopic (exact) mass is 361 g/mol. The van der Waals surface area contributed by atoms with E-state index in [1.807, 2.05) is 0 Å². The summed E-state index contributed by atoms with van der Waals surface area (Å²) in [5, 5.41) is 1.15. The van der Waals surface area contributed by atoms with Crippen molar-refractivity contribution in [2.24, 2.45) is 0 Å². The number of halogens is 3. The van der Waals surface area contributed by atoms with Crippen molar-refractivity contribution in [2.45, 2.75) is 38.1 Å². The first-order chi connectivity index (χ1) is 11.3. The van der Waals surface area contributed by atoms with E-state index >= 15 is 0 Å². The van der Waals surface area contributed by atoms with Crippen LogP contribution in [0.5, 0.6) is 0 Å². The highest BCUT2D eigenvalue weighted by Gasteiger charge is 2.32. The van der Waals surface area contributed by atoms with Gasteiger partial charge >= 0.3 is 6.18 Å². The summed E-state index contributed by atoms with van der Waals surface area (Å²) in [6, 6.07) is 3.47. The van der Waals surface area contributed by atoms with Crippen LogP contribution in [-0.4, -0.2) is 32.0 Å². The normalized spacial score (nSPS) is 22.9. The fourth-order valence-corrected chi connectivity index (χ4v) is 4.16. The maximum absolute atomic E-state index is 12.7. The molecule has 8 heteroatoms. The van der Waals surface area contributed by atoms with Crippen LogP contribution < -0.4 is 0 Å². The first kappa shape index (κ1) is 17.4. The molecule has 24 heavy (non-hydrogen) atoms. The van der Waals surface area contributed by atoms with E-state index in [4.69, 9.17) is 4.74 Å². The van der Waals surface area contributed by atoms with E-state index in [9.17, 15) is 21.6 Å². The van der Waals surface area contributed by atoms with E-state index in [2.05, 4.69) is 0 Å². The predicted molar refractivity (Wildman–Crippen MR) is 82.6 cm³/mol. The Labute approximate surface area is 139 Å². The van der Waals surface area contributed by atoms with Gasteiger partial charge in [-0.3, -0.25) is 0 Å². The zero-order valence-corrected chi connectivity index (χ0v) is 13.7. The van der Waals surface area contributed by atoms with Gasteiger partial charge in [0.1, 0.15) is 0 Å². The van der Waals surface area contributed by atoms with Crippen molar-refractivity contribution in [2.75, 3.05) is 13.2 Å². The third kappa shape index (κ3) is 3.81. The molecule has 0 aliphatic carbocycles. The van der Waals surface area contributed by atoms with Crippen molar-refractivity contribution in [3.8, 4) is 0 Å². The molecule has 132 valence electrons. The van der Waals surface area contributed by atoms with Crippen molar-refractivity contribution in [3.05, 3.63) is 46.4 Å². The lowest BCUT2D eigenvalue weighted by molar-refractivity contribution is -0.137. The molecule has 1 aromatic rings. The fourth-order valence-electron chi connectivity index (χ4n) is 2.95. The van der Waals surface area contributed by atoms with Crippen molar-refractivity contribution in [1.29, 1.82) is 0 Å².